The van der Waals surface area contributed by atoms with Crippen molar-refractivity contribution in [3.8, 4) is 0 Å². The van der Waals surface area contributed by atoms with Gasteiger partial charge >= 0.3 is 0 Å². The molecule has 0 aliphatic carbocycles. The minimum absolute atomic E-state index is 0.0760. The number of nitro benzene ring substituents is 1. The maximum Gasteiger partial charge on any atom is 0.270 e. The minimum atomic E-state index is -0.685. The molecular formula is C14H12FN3O3. The zero-order valence-corrected chi connectivity index (χ0v) is 11.4. The molecule has 0 aromatic heterocycles. The third kappa shape index (κ3) is 2.45. The molecular weight excluding hydrogens is 277 g/mol. The van der Waals surface area contributed by atoms with Gasteiger partial charge in [-0.2, -0.15) is 0 Å². The van der Waals surface area contributed by atoms with Gasteiger partial charge in [-0.1, -0.05) is 6.08 Å². The Kier molecular flexibility index (Phi) is 3.66. The number of likely N-dealkylation sites (N-methyl/N-ethyl adjacent to an activating group) is 1. The number of amides is 1. The maximum atomic E-state index is 14.0. The molecule has 0 unspecified atom stereocenters. The summed E-state index contributed by atoms with van der Waals surface area (Å²) >= 11 is 0. The largest absolute Gasteiger partial charge is 0.317 e. The second kappa shape index (κ2) is 5.28. The van der Waals surface area contributed by atoms with Gasteiger partial charge in [-0.3, -0.25) is 20.3 Å². The lowest BCUT2D eigenvalue weighted by molar-refractivity contribution is -0.384. The van der Waals surface area contributed by atoms with Crippen molar-refractivity contribution in [3.63, 3.8) is 0 Å². The molecule has 1 heterocycles. The lowest BCUT2D eigenvalue weighted by Gasteiger charge is -2.24. The van der Waals surface area contributed by atoms with Crippen molar-refractivity contribution in [1.82, 2.24) is 4.90 Å². The van der Waals surface area contributed by atoms with E-state index >= 15 is 0 Å². The monoisotopic (exact) mass is 289 g/mol. The van der Waals surface area contributed by atoms with Gasteiger partial charge in [-0.25, -0.2) is 4.39 Å². The molecule has 7 heteroatoms. The standard InChI is InChI=1S/C14H12FN3O3/c1-3-9-13(16)11(7-17(2)14(9)19)10-6-8(18(20)21)4-5-12(10)15/h3-7,16H,1-2H3/b9-3+,16-13?. The Bertz CT molecular complexity index is 722. The molecule has 0 atom stereocenters. The Balaban J connectivity index is 2.63. The highest BCUT2D eigenvalue weighted by atomic mass is 19.1. The highest BCUT2D eigenvalue weighted by molar-refractivity contribution is 6.41. The average Bonchev–Trinajstić information content (AvgIpc) is 2.44. The fraction of sp³-hybridized carbons (Fsp3) is 0.143. The van der Waals surface area contributed by atoms with Crippen molar-refractivity contribution < 1.29 is 14.1 Å². The molecule has 1 N–H and O–H groups in total. The van der Waals surface area contributed by atoms with E-state index in [0.29, 0.717) is 0 Å². The summed E-state index contributed by atoms with van der Waals surface area (Å²) in [4.78, 5) is 23.3. The fourth-order valence-electron chi connectivity index (χ4n) is 2.06. The van der Waals surface area contributed by atoms with Crippen LogP contribution in [0, 0.1) is 21.3 Å². The number of rotatable bonds is 2. The van der Waals surface area contributed by atoms with Crippen molar-refractivity contribution in [2.75, 3.05) is 7.05 Å². The molecule has 108 valence electrons. The molecule has 0 bridgehead atoms. The Morgan fingerprint density at radius 2 is 2.10 bits per heavy atom. The summed E-state index contributed by atoms with van der Waals surface area (Å²) in [6.07, 6.45) is 2.77. The van der Waals surface area contributed by atoms with Crippen LogP contribution in [-0.4, -0.2) is 28.5 Å². The minimum Gasteiger partial charge on any atom is -0.317 e. The predicted molar refractivity (Wildman–Crippen MR) is 75.3 cm³/mol. The van der Waals surface area contributed by atoms with Gasteiger partial charge in [0.15, 0.2) is 0 Å². The van der Waals surface area contributed by atoms with Crippen LogP contribution in [0.25, 0.3) is 5.57 Å². The number of carbonyl (C=O) groups excluding carboxylic acids is 1. The van der Waals surface area contributed by atoms with Crippen LogP contribution in [0.1, 0.15) is 12.5 Å². The number of nitro groups is 1. The number of hydrogen-bond acceptors (Lipinski definition) is 4. The van der Waals surface area contributed by atoms with E-state index in [4.69, 9.17) is 5.41 Å². The number of carbonyl (C=O) groups is 1. The molecule has 0 fully saturated rings. The number of non-ortho nitro benzene ring substituents is 1. The Morgan fingerprint density at radius 1 is 1.43 bits per heavy atom. The number of hydrogen-bond donors (Lipinski definition) is 1. The zero-order valence-electron chi connectivity index (χ0n) is 11.4. The summed E-state index contributed by atoms with van der Waals surface area (Å²) in [6, 6.07) is 3.09. The van der Waals surface area contributed by atoms with Gasteiger partial charge in [-0.05, 0) is 13.0 Å². The van der Waals surface area contributed by atoms with Gasteiger partial charge in [-0.15, -0.1) is 0 Å². The maximum absolute atomic E-state index is 14.0. The molecule has 1 aliphatic rings. The van der Waals surface area contributed by atoms with Crippen LogP contribution in [0.5, 0.6) is 0 Å². The van der Waals surface area contributed by atoms with Gasteiger partial charge in [0.2, 0.25) is 0 Å². The van der Waals surface area contributed by atoms with Gasteiger partial charge in [0.05, 0.1) is 16.2 Å². The van der Waals surface area contributed by atoms with Crippen LogP contribution in [-0.2, 0) is 4.79 Å². The van der Waals surface area contributed by atoms with Crippen LogP contribution >= 0.6 is 0 Å². The summed E-state index contributed by atoms with van der Waals surface area (Å²) in [7, 11) is 1.48. The first-order chi connectivity index (χ1) is 9.86. The Hall–Kier alpha value is -2.83. The van der Waals surface area contributed by atoms with E-state index in [-0.39, 0.29) is 34.0 Å². The molecule has 1 aromatic rings. The summed E-state index contributed by atoms with van der Waals surface area (Å²) < 4.78 is 14.0. The molecule has 2 rings (SSSR count). The molecule has 0 radical (unpaired) electrons. The molecule has 1 amide bonds. The van der Waals surface area contributed by atoms with Crippen molar-refractivity contribution >= 4 is 22.9 Å². The van der Waals surface area contributed by atoms with Crippen molar-refractivity contribution in [1.29, 1.82) is 5.41 Å². The van der Waals surface area contributed by atoms with Crippen LogP contribution in [0.3, 0.4) is 0 Å². The lowest BCUT2D eigenvalue weighted by atomic mass is 9.92. The van der Waals surface area contributed by atoms with Crippen LogP contribution in [0.4, 0.5) is 10.1 Å². The second-order valence-electron chi connectivity index (χ2n) is 4.46. The number of halogens is 1. The zero-order chi connectivity index (χ0) is 15.7. The number of benzene rings is 1. The SMILES string of the molecule is C/C=C1\C(=N)C(c2cc([N+](=O)[O-])ccc2F)=CN(C)C1=O. The van der Waals surface area contributed by atoms with Crippen molar-refractivity contribution in [2.45, 2.75) is 6.92 Å². The topological polar surface area (TPSA) is 87.3 Å². The lowest BCUT2D eigenvalue weighted by Crippen LogP contribution is -2.32. The molecule has 0 spiro atoms. The van der Waals surface area contributed by atoms with Crippen molar-refractivity contribution in [3.05, 3.63) is 57.5 Å². The van der Waals surface area contributed by atoms with E-state index in [9.17, 15) is 19.3 Å². The Labute approximate surface area is 119 Å². The number of nitrogens with one attached hydrogen (secondary N) is 1. The normalized spacial score (nSPS) is 17.2. The van der Waals surface area contributed by atoms with E-state index < -0.39 is 10.7 Å². The highest BCUT2D eigenvalue weighted by Crippen LogP contribution is 2.29. The van der Waals surface area contributed by atoms with Crippen LogP contribution in [0.15, 0.2) is 36.0 Å². The second-order valence-corrected chi connectivity index (χ2v) is 4.46. The first kappa shape index (κ1) is 14.6. The third-order valence-corrected chi connectivity index (χ3v) is 3.15. The quantitative estimate of drug-likeness (QED) is 0.515. The summed E-state index contributed by atoms with van der Waals surface area (Å²) in [6.45, 7) is 1.60. The van der Waals surface area contributed by atoms with E-state index in [0.717, 1.165) is 18.2 Å². The van der Waals surface area contributed by atoms with Crippen molar-refractivity contribution in [2.24, 2.45) is 0 Å². The first-order valence-corrected chi connectivity index (χ1v) is 6.05. The van der Waals surface area contributed by atoms with E-state index in [1.54, 1.807) is 6.92 Å². The first-order valence-electron chi connectivity index (χ1n) is 6.05. The predicted octanol–water partition coefficient (Wildman–Crippen LogP) is 2.51. The van der Waals surface area contributed by atoms with Gasteiger partial charge in [0.1, 0.15) is 5.82 Å². The molecule has 1 aromatic carbocycles. The summed E-state index contributed by atoms with van der Waals surface area (Å²) in [5, 5.41) is 18.8. The molecule has 0 saturated carbocycles. The molecule has 21 heavy (non-hydrogen) atoms. The molecule has 0 saturated heterocycles. The molecule has 6 nitrogen and oxygen atoms in total. The van der Waals surface area contributed by atoms with Gasteiger partial charge < -0.3 is 4.90 Å². The molecule has 1 aliphatic heterocycles. The smallest absolute Gasteiger partial charge is 0.270 e. The third-order valence-electron chi connectivity index (χ3n) is 3.15. The number of nitrogens with zero attached hydrogens (tertiary/aromatic N) is 2. The number of allylic oxidation sites excluding steroid dienone is 2. The fourth-order valence-corrected chi connectivity index (χ4v) is 2.06. The van der Waals surface area contributed by atoms with Crippen LogP contribution < -0.4 is 0 Å². The highest BCUT2D eigenvalue weighted by Gasteiger charge is 2.28. The average molecular weight is 289 g/mol. The van der Waals surface area contributed by atoms with E-state index in [2.05, 4.69) is 0 Å². The van der Waals surface area contributed by atoms with Crippen LogP contribution in [0.2, 0.25) is 0 Å². The van der Waals surface area contributed by atoms with Gasteiger partial charge in [0.25, 0.3) is 11.6 Å². The van der Waals surface area contributed by atoms with E-state index in [1.807, 2.05) is 0 Å². The summed E-state index contributed by atoms with van der Waals surface area (Å²) in [5.74, 6) is -1.06. The van der Waals surface area contributed by atoms with E-state index in [1.165, 1.54) is 24.2 Å². The Morgan fingerprint density at radius 3 is 2.67 bits per heavy atom. The summed E-state index contributed by atoms with van der Waals surface area (Å²) in [5.41, 5.74) is -0.248. The van der Waals surface area contributed by atoms with Gasteiger partial charge in [0, 0.05) is 36.5 Å².